The number of thiazole rings is 1. The van der Waals surface area contributed by atoms with E-state index in [0.717, 1.165) is 24.7 Å². The molecular weight excluding hydrogens is 386 g/mol. The molecule has 0 spiro atoms. The van der Waals surface area contributed by atoms with E-state index in [4.69, 9.17) is 4.98 Å². The zero-order valence-electron chi connectivity index (χ0n) is 18.4. The fourth-order valence-corrected chi connectivity index (χ4v) is 9.16. The lowest BCUT2D eigenvalue weighted by Crippen LogP contribution is -2.50. The average molecular weight is 420 g/mol. The van der Waals surface area contributed by atoms with Gasteiger partial charge in [0, 0.05) is 5.56 Å². The number of aromatic nitrogens is 1. The first kappa shape index (κ1) is 19.3. The Morgan fingerprint density at radius 2 is 1.90 bits per heavy atom. The number of aliphatic hydroxyl groups is 1. The van der Waals surface area contributed by atoms with Gasteiger partial charge in [-0.1, -0.05) is 44.2 Å². The van der Waals surface area contributed by atoms with E-state index in [2.05, 4.69) is 51.1 Å². The van der Waals surface area contributed by atoms with E-state index in [0.29, 0.717) is 5.92 Å². The lowest BCUT2D eigenvalue weighted by Gasteiger charge is -2.56. The molecule has 0 amide bonds. The van der Waals surface area contributed by atoms with Crippen molar-refractivity contribution in [3.05, 3.63) is 46.5 Å². The van der Waals surface area contributed by atoms with Crippen molar-refractivity contribution in [1.29, 1.82) is 0 Å². The molecule has 2 saturated carbocycles. The summed E-state index contributed by atoms with van der Waals surface area (Å²) in [6, 6.07) is 8.66. The molecule has 0 bridgehead atoms. The monoisotopic (exact) mass is 419 g/mol. The number of hydrogen-bond donors (Lipinski definition) is 1. The van der Waals surface area contributed by atoms with Gasteiger partial charge in [-0.25, -0.2) is 4.98 Å². The van der Waals surface area contributed by atoms with Crippen LogP contribution in [0.3, 0.4) is 0 Å². The van der Waals surface area contributed by atoms with Crippen LogP contribution in [0, 0.1) is 35.5 Å². The summed E-state index contributed by atoms with van der Waals surface area (Å²) in [6.07, 6.45) is 10.8. The molecule has 2 aromatic rings. The summed E-state index contributed by atoms with van der Waals surface area (Å²) in [7, 11) is 0. The lowest BCUT2D eigenvalue weighted by atomic mass is 9.48. The zero-order valence-corrected chi connectivity index (χ0v) is 19.3. The van der Waals surface area contributed by atoms with Crippen LogP contribution in [0.15, 0.2) is 30.3 Å². The predicted molar refractivity (Wildman–Crippen MR) is 124 cm³/mol. The lowest BCUT2D eigenvalue weighted by molar-refractivity contribution is -0.0579. The van der Waals surface area contributed by atoms with Crippen molar-refractivity contribution in [2.24, 2.45) is 28.6 Å². The Hall–Kier alpha value is -1.45. The van der Waals surface area contributed by atoms with Crippen LogP contribution in [0.2, 0.25) is 0 Å². The smallest absolute Gasteiger partial charge is 0.124 e. The van der Waals surface area contributed by atoms with E-state index in [1.54, 1.807) is 5.57 Å². The summed E-state index contributed by atoms with van der Waals surface area (Å²) in [5.74, 6) is 2.21. The Labute approximate surface area is 184 Å². The van der Waals surface area contributed by atoms with Gasteiger partial charge in [-0.3, -0.25) is 0 Å². The molecule has 1 N–H and O–H groups in total. The second-order valence-electron chi connectivity index (χ2n) is 10.9. The molecule has 4 aliphatic carbocycles. The Balaban J connectivity index is 1.40. The van der Waals surface area contributed by atoms with E-state index in [1.165, 1.54) is 58.8 Å². The topological polar surface area (TPSA) is 33.1 Å². The number of aryl methyl sites for hydroxylation is 2. The molecule has 1 heterocycles. The van der Waals surface area contributed by atoms with Crippen LogP contribution in [-0.2, 0) is 6.42 Å². The summed E-state index contributed by atoms with van der Waals surface area (Å²) in [4.78, 5) is 6.60. The SMILES string of the molecule is Cc1ccccc1-c1nc2c(s1)C1=CC[C@H]3[C@@H]4CC[C@H](O)[C@@]4(C)CC[C@@H]3[C@@]1(C)CC2. The number of aliphatic hydroxyl groups excluding tert-OH is 1. The van der Waals surface area contributed by atoms with Crippen molar-refractivity contribution in [1.82, 2.24) is 4.98 Å². The first-order valence-electron chi connectivity index (χ1n) is 11.9. The molecule has 1 aromatic carbocycles. The molecule has 1 aromatic heterocycles. The van der Waals surface area contributed by atoms with E-state index >= 15 is 0 Å². The first-order valence-corrected chi connectivity index (χ1v) is 12.7. The zero-order chi connectivity index (χ0) is 20.7. The quantitative estimate of drug-likeness (QED) is 0.560. The summed E-state index contributed by atoms with van der Waals surface area (Å²) >= 11 is 1.93. The molecule has 2 fully saturated rings. The number of fused-ring (bicyclic) bond motifs is 7. The number of benzene rings is 1. The van der Waals surface area contributed by atoms with Gasteiger partial charge >= 0.3 is 0 Å². The van der Waals surface area contributed by atoms with Crippen LogP contribution < -0.4 is 0 Å². The minimum absolute atomic E-state index is 0.0854. The van der Waals surface area contributed by atoms with Crippen LogP contribution in [0.5, 0.6) is 0 Å². The van der Waals surface area contributed by atoms with Gasteiger partial charge in [-0.15, -0.1) is 11.3 Å². The molecule has 6 rings (SSSR count). The second kappa shape index (κ2) is 6.53. The molecule has 4 aliphatic rings. The minimum atomic E-state index is -0.0854. The maximum absolute atomic E-state index is 10.7. The Morgan fingerprint density at radius 1 is 1.07 bits per heavy atom. The third-order valence-corrected chi connectivity index (χ3v) is 10.8. The largest absolute Gasteiger partial charge is 0.393 e. The Morgan fingerprint density at radius 3 is 2.73 bits per heavy atom. The maximum Gasteiger partial charge on any atom is 0.124 e. The number of rotatable bonds is 1. The normalized spacial score (nSPS) is 39.5. The van der Waals surface area contributed by atoms with Gasteiger partial charge in [0.25, 0.3) is 0 Å². The Kier molecular flexibility index (Phi) is 4.19. The van der Waals surface area contributed by atoms with Gasteiger partial charge in [-0.2, -0.15) is 0 Å². The fourth-order valence-electron chi connectivity index (χ4n) is 7.78. The van der Waals surface area contributed by atoms with Crippen LogP contribution in [0.1, 0.15) is 68.5 Å². The standard InChI is InChI=1S/C27H33NOS/c1-16-6-4-5-7-17(16)25-28-22-13-15-26(2)20-12-14-27(3)19(10-11-23(27)29)18(20)8-9-21(26)24(22)30-25/h4-7,9,18-20,23,29H,8,10-15H2,1-3H3/t18-,19-,20-,23-,26+,27-/m0/s1. The van der Waals surface area contributed by atoms with E-state index in [-0.39, 0.29) is 16.9 Å². The number of allylic oxidation sites excluding steroid dienone is 2. The number of hydrogen-bond acceptors (Lipinski definition) is 3. The van der Waals surface area contributed by atoms with E-state index in [1.807, 2.05) is 11.3 Å². The molecule has 0 unspecified atom stereocenters. The molecule has 0 radical (unpaired) electrons. The maximum atomic E-state index is 10.7. The summed E-state index contributed by atoms with van der Waals surface area (Å²) in [5, 5.41) is 11.9. The molecule has 6 atom stereocenters. The highest BCUT2D eigenvalue weighted by molar-refractivity contribution is 7.16. The molecule has 30 heavy (non-hydrogen) atoms. The Bertz CT molecular complexity index is 1040. The molecule has 0 aliphatic heterocycles. The summed E-state index contributed by atoms with van der Waals surface area (Å²) < 4.78 is 0. The molecule has 0 saturated heterocycles. The molecule has 3 heteroatoms. The second-order valence-corrected chi connectivity index (χ2v) is 11.9. The van der Waals surface area contributed by atoms with Crippen LogP contribution >= 0.6 is 11.3 Å². The van der Waals surface area contributed by atoms with Crippen molar-refractivity contribution < 1.29 is 5.11 Å². The van der Waals surface area contributed by atoms with E-state index < -0.39 is 0 Å². The van der Waals surface area contributed by atoms with Crippen LogP contribution in [-0.4, -0.2) is 16.2 Å². The van der Waals surface area contributed by atoms with Crippen molar-refractivity contribution in [2.45, 2.75) is 71.8 Å². The van der Waals surface area contributed by atoms with Crippen molar-refractivity contribution in [3.63, 3.8) is 0 Å². The first-order chi connectivity index (χ1) is 14.4. The highest BCUT2D eigenvalue weighted by Gasteiger charge is 2.58. The van der Waals surface area contributed by atoms with Crippen LogP contribution in [0.25, 0.3) is 16.1 Å². The van der Waals surface area contributed by atoms with Gasteiger partial charge in [0.05, 0.1) is 16.7 Å². The summed E-state index contributed by atoms with van der Waals surface area (Å²) in [6.45, 7) is 7.13. The summed E-state index contributed by atoms with van der Waals surface area (Å²) in [5.41, 5.74) is 5.98. The highest BCUT2D eigenvalue weighted by Crippen LogP contribution is 2.66. The predicted octanol–water partition coefficient (Wildman–Crippen LogP) is 6.66. The van der Waals surface area contributed by atoms with Crippen molar-refractivity contribution in [3.8, 4) is 10.6 Å². The molecule has 2 nitrogen and oxygen atoms in total. The van der Waals surface area contributed by atoms with Gasteiger partial charge in [-0.05, 0) is 91.6 Å². The molecule has 158 valence electrons. The van der Waals surface area contributed by atoms with Crippen molar-refractivity contribution >= 4 is 16.9 Å². The third-order valence-electron chi connectivity index (χ3n) is 9.61. The minimum Gasteiger partial charge on any atom is -0.393 e. The number of nitrogens with zero attached hydrogens (tertiary/aromatic N) is 1. The average Bonchev–Trinajstić information content (AvgIpc) is 3.29. The van der Waals surface area contributed by atoms with Crippen LogP contribution in [0.4, 0.5) is 0 Å². The van der Waals surface area contributed by atoms with Crippen molar-refractivity contribution in [2.75, 3.05) is 0 Å². The van der Waals surface area contributed by atoms with Gasteiger partial charge in [0.1, 0.15) is 5.01 Å². The van der Waals surface area contributed by atoms with Gasteiger partial charge < -0.3 is 5.11 Å². The third kappa shape index (κ3) is 2.48. The fraction of sp³-hybridized carbons (Fsp3) is 0.593. The van der Waals surface area contributed by atoms with Gasteiger partial charge in [0.2, 0.25) is 0 Å². The molecular formula is C27H33NOS. The van der Waals surface area contributed by atoms with E-state index in [9.17, 15) is 5.11 Å². The van der Waals surface area contributed by atoms with Gasteiger partial charge in [0.15, 0.2) is 0 Å². The highest BCUT2D eigenvalue weighted by atomic mass is 32.1.